The SMILES string of the molecule is CON(C)C(=O)c1cn2ccnc2cn1. The highest BCUT2D eigenvalue weighted by atomic mass is 16.7. The van der Waals surface area contributed by atoms with Crippen molar-refractivity contribution in [1.29, 1.82) is 0 Å². The van der Waals surface area contributed by atoms with Crippen LogP contribution in [0.1, 0.15) is 10.5 Å². The second kappa shape index (κ2) is 3.66. The van der Waals surface area contributed by atoms with Gasteiger partial charge < -0.3 is 4.40 Å². The van der Waals surface area contributed by atoms with Crippen molar-refractivity contribution in [3.63, 3.8) is 0 Å². The number of hydroxylamine groups is 2. The molecule has 1 amide bonds. The summed E-state index contributed by atoms with van der Waals surface area (Å²) in [5, 5.41) is 1.12. The molecule has 0 saturated carbocycles. The number of aromatic nitrogens is 3. The first kappa shape index (κ1) is 9.60. The summed E-state index contributed by atoms with van der Waals surface area (Å²) in [6.45, 7) is 0. The number of imidazole rings is 1. The van der Waals surface area contributed by atoms with Gasteiger partial charge >= 0.3 is 0 Å². The molecule has 0 radical (unpaired) electrons. The quantitative estimate of drug-likeness (QED) is 0.666. The molecule has 0 aliphatic carbocycles. The molecule has 6 heteroatoms. The molecule has 0 unspecified atom stereocenters. The Hall–Kier alpha value is -1.95. The van der Waals surface area contributed by atoms with Crippen LogP contribution in [0.25, 0.3) is 5.65 Å². The number of rotatable bonds is 2. The van der Waals surface area contributed by atoms with Gasteiger partial charge in [-0.2, -0.15) is 0 Å². The summed E-state index contributed by atoms with van der Waals surface area (Å²) in [4.78, 5) is 24.4. The van der Waals surface area contributed by atoms with Crippen LogP contribution < -0.4 is 0 Å². The van der Waals surface area contributed by atoms with Crippen LogP contribution >= 0.6 is 0 Å². The zero-order valence-corrected chi connectivity index (χ0v) is 8.41. The smallest absolute Gasteiger partial charge is 0.297 e. The van der Waals surface area contributed by atoms with Gasteiger partial charge in [0.1, 0.15) is 5.69 Å². The molecule has 0 aromatic carbocycles. The van der Waals surface area contributed by atoms with Gasteiger partial charge in [0.25, 0.3) is 5.91 Å². The van der Waals surface area contributed by atoms with Gasteiger partial charge in [0.05, 0.1) is 13.3 Å². The van der Waals surface area contributed by atoms with Gasteiger partial charge in [-0.25, -0.2) is 15.0 Å². The molecule has 0 saturated heterocycles. The maximum atomic E-state index is 11.6. The molecule has 0 atom stereocenters. The van der Waals surface area contributed by atoms with E-state index in [1.807, 2.05) is 0 Å². The fourth-order valence-corrected chi connectivity index (χ4v) is 1.18. The number of hydrogen-bond donors (Lipinski definition) is 0. The molecule has 0 N–H and O–H groups in total. The molecule has 78 valence electrons. The van der Waals surface area contributed by atoms with E-state index in [1.54, 1.807) is 23.0 Å². The standard InChI is InChI=1S/C9H10N4O2/c1-12(15-2)9(14)7-6-13-4-3-10-8(13)5-11-7/h3-6H,1-2H3. The van der Waals surface area contributed by atoms with Crippen LogP contribution in [0.3, 0.4) is 0 Å². The zero-order chi connectivity index (χ0) is 10.8. The predicted octanol–water partition coefficient (Wildman–Crippen LogP) is 0.363. The Labute approximate surface area is 86.1 Å². The monoisotopic (exact) mass is 206 g/mol. The maximum Gasteiger partial charge on any atom is 0.297 e. The minimum Gasteiger partial charge on any atom is -0.303 e. The molecule has 6 nitrogen and oxygen atoms in total. The highest BCUT2D eigenvalue weighted by Gasteiger charge is 2.13. The first-order valence-corrected chi connectivity index (χ1v) is 4.33. The second-order valence-electron chi connectivity index (χ2n) is 2.95. The number of fused-ring (bicyclic) bond motifs is 1. The van der Waals surface area contributed by atoms with E-state index in [-0.39, 0.29) is 5.91 Å². The van der Waals surface area contributed by atoms with Crippen molar-refractivity contribution in [2.75, 3.05) is 14.2 Å². The van der Waals surface area contributed by atoms with E-state index in [0.29, 0.717) is 11.3 Å². The van der Waals surface area contributed by atoms with Gasteiger partial charge in [0, 0.05) is 25.6 Å². The molecule has 15 heavy (non-hydrogen) atoms. The van der Waals surface area contributed by atoms with E-state index in [4.69, 9.17) is 4.84 Å². The molecule has 0 aliphatic heterocycles. The average Bonchev–Trinajstić information content (AvgIpc) is 2.73. The summed E-state index contributed by atoms with van der Waals surface area (Å²) in [6, 6.07) is 0. The van der Waals surface area contributed by atoms with Crippen LogP contribution in [0.4, 0.5) is 0 Å². The predicted molar refractivity (Wildman–Crippen MR) is 52.1 cm³/mol. The minimum absolute atomic E-state index is 0.298. The molecule has 2 aromatic rings. The molecule has 0 bridgehead atoms. The van der Waals surface area contributed by atoms with Crippen molar-refractivity contribution >= 4 is 11.6 Å². The van der Waals surface area contributed by atoms with Gasteiger partial charge in [-0.3, -0.25) is 9.63 Å². The van der Waals surface area contributed by atoms with Crippen LogP contribution in [-0.4, -0.2) is 39.5 Å². The van der Waals surface area contributed by atoms with Gasteiger partial charge in [0.2, 0.25) is 0 Å². The zero-order valence-electron chi connectivity index (χ0n) is 8.41. The first-order valence-electron chi connectivity index (χ1n) is 4.33. The molecule has 0 spiro atoms. The Morgan fingerprint density at radius 1 is 1.53 bits per heavy atom. The molecule has 2 heterocycles. The Kier molecular flexibility index (Phi) is 2.34. The van der Waals surface area contributed by atoms with Crippen molar-refractivity contribution < 1.29 is 9.63 Å². The van der Waals surface area contributed by atoms with E-state index >= 15 is 0 Å². The largest absolute Gasteiger partial charge is 0.303 e. The molecule has 0 fully saturated rings. The van der Waals surface area contributed by atoms with Crippen LogP contribution in [-0.2, 0) is 4.84 Å². The third-order valence-electron chi connectivity index (χ3n) is 2.06. The Balaban J connectivity index is 2.39. The lowest BCUT2D eigenvalue weighted by Crippen LogP contribution is -2.26. The van der Waals surface area contributed by atoms with Crippen molar-refractivity contribution in [2.45, 2.75) is 0 Å². The fraction of sp³-hybridized carbons (Fsp3) is 0.222. The summed E-state index contributed by atoms with van der Waals surface area (Å²) in [5.41, 5.74) is 1.01. The van der Waals surface area contributed by atoms with Crippen LogP contribution in [0, 0.1) is 0 Å². The summed E-state index contributed by atoms with van der Waals surface area (Å²) in [6.07, 6.45) is 6.54. The Morgan fingerprint density at radius 3 is 3.07 bits per heavy atom. The van der Waals surface area contributed by atoms with E-state index in [1.165, 1.54) is 20.4 Å². The summed E-state index contributed by atoms with van der Waals surface area (Å²) < 4.78 is 1.73. The third-order valence-corrected chi connectivity index (χ3v) is 2.06. The molecular formula is C9H10N4O2. The summed E-state index contributed by atoms with van der Waals surface area (Å²) in [5.74, 6) is -0.298. The lowest BCUT2D eigenvalue weighted by atomic mass is 10.4. The van der Waals surface area contributed by atoms with Crippen molar-refractivity contribution in [3.05, 3.63) is 30.5 Å². The lowest BCUT2D eigenvalue weighted by molar-refractivity contribution is -0.0760. The van der Waals surface area contributed by atoms with Gasteiger partial charge in [-0.1, -0.05) is 0 Å². The van der Waals surface area contributed by atoms with Gasteiger partial charge in [0.15, 0.2) is 5.65 Å². The van der Waals surface area contributed by atoms with E-state index < -0.39 is 0 Å². The number of hydrogen-bond acceptors (Lipinski definition) is 4. The number of nitrogens with zero attached hydrogens (tertiary/aromatic N) is 4. The van der Waals surface area contributed by atoms with Gasteiger partial charge in [-0.05, 0) is 0 Å². The molecule has 2 aromatic heterocycles. The maximum absolute atomic E-state index is 11.6. The normalized spacial score (nSPS) is 10.5. The number of carbonyl (C=O) groups excluding carboxylic acids is 1. The van der Waals surface area contributed by atoms with E-state index in [0.717, 1.165) is 5.06 Å². The number of amides is 1. The second-order valence-corrected chi connectivity index (χ2v) is 2.95. The van der Waals surface area contributed by atoms with Crippen molar-refractivity contribution in [3.8, 4) is 0 Å². The van der Waals surface area contributed by atoms with Crippen molar-refractivity contribution in [1.82, 2.24) is 19.4 Å². The summed E-state index contributed by atoms with van der Waals surface area (Å²) in [7, 11) is 2.95. The van der Waals surface area contributed by atoms with Crippen LogP contribution in [0.15, 0.2) is 24.8 Å². The van der Waals surface area contributed by atoms with Crippen LogP contribution in [0.5, 0.6) is 0 Å². The Bertz CT molecular complexity index is 494. The van der Waals surface area contributed by atoms with Gasteiger partial charge in [-0.15, -0.1) is 0 Å². The average molecular weight is 206 g/mol. The van der Waals surface area contributed by atoms with Crippen molar-refractivity contribution in [2.24, 2.45) is 0 Å². The number of carbonyl (C=O) groups is 1. The molecule has 0 aliphatic rings. The first-order chi connectivity index (χ1) is 7.22. The van der Waals surface area contributed by atoms with Crippen LogP contribution in [0.2, 0.25) is 0 Å². The van der Waals surface area contributed by atoms with E-state index in [2.05, 4.69) is 9.97 Å². The topological polar surface area (TPSA) is 59.7 Å². The van der Waals surface area contributed by atoms with E-state index in [9.17, 15) is 4.79 Å². The summed E-state index contributed by atoms with van der Waals surface area (Å²) >= 11 is 0. The fourth-order valence-electron chi connectivity index (χ4n) is 1.18. The Morgan fingerprint density at radius 2 is 2.33 bits per heavy atom. The molecular weight excluding hydrogens is 196 g/mol. The molecule has 2 rings (SSSR count). The highest BCUT2D eigenvalue weighted by molar-refractivity contribution is 5.91. The third kappa shape index (κ3) is 1.66. The lowest BCUT2D eigenvalue weighted by Gasteiger charge is -2.12. The highest BCUT2D eigenvalue weighted by Crippen LogP contribution is 2.03. The minimum atomic E-state index is -0.298.